The van der Waals surface area contributed by atoms with Crippen LogP contribution in [0.2, 0.25) is 0 Å². The normalized spacial score (nSPS) is 24.8. The lowest BCUT2D eigenvalue weighted by Crippen LogP contribution is -2.59. The van der Waals surface area contributed by atoms with Gasteiger partial charge in [0.2, 0.25) is 5.91 Å². The second kappa shape index (κ2) is 5.56. The van der Waals surface area contributed by atoms with Crippen molar-refractivity contribution in [2.24, 2.45) is 5.92 Å². The number of hydrogen-bond donors (Lipinski definition) is 1. The molecular weight excluding hydrogens is 252 g/mol. The van der Waals surface area contributed by atoms with Gasteiger partial charge in [0.15, 0.2) is 0 Å². The second-order valence-electron chi connectivity index (χ2n) is 6.36. The maximum absolute atomic E-state index is 11.8. The molecule has 1 aromatic heterocycles. The monoisotopic (exact) mass is 276 g/mol. The molecule has 0 radical (unpaired) electrons. The number of amides is 1. The highest BCUT2D eigenvalue weighted by atomic mass is 16.2. The van der Waals surface area contributed by atoms with E-state index in [9.17, 15) is 4.79 Å². The summed E-state index contributed by atoms with van der Waals surface area (Å²) in [5.74, 6) is 2.50. The van der Waals surface area contributed by atoms with Crippen LogP contribution in [0.25, 0.3) is 0 Å². The molecule has 1 N–H and O–H groups in total. The molecule has 2 aliphatic heterocycles. The van der Waals surface area contributed by atoms with Crippen LogP contribution in [0.1, 0.15) is 38.4 Å². The van der Waals surface area contributed by atoms with Gasteiger partial charge in [-0.1, -0.05) is 13.8 Å². The zero-order valence-electron chi connectivity index (χ0n) is 12.4. The molecule has 2 saturated heterocycles. The van der Waals surface area contributed by atoms with Crippen LogP contribution in [0.5, 0.6) is 0 Å². The van der Waals surface area contributed by atoms with E-state index in [4.69, 9.17) is 0 Å². The molecule has 3 heterocycles. The molecule has 1 amide bonds. The van der Waals surface area contributed by atoms with Crippen molar-refractivity contribution >= 4 is 5.91 Å². The number of hydrogen-bond acceptors (Lipinski definition) is 3. The molecule has 2 fully saturated rings. The average molecular weight is 276 g/mol. The van der Waals surface area contributed by atoms with Gasteiger partial charge in [0.25, 0.3) is 0 Å². The van der Waals surface area contributed by atoms with Crippen molar-refractivity contribution in [1.82, 2.24) is 19.8 Å². The number of nitrogens with zero attached hydrogens (tertiary/aromatic N) is 3. The third-order valence-corrected chi connectivity index (χ3v) is 4.40. The molecule has 0 spiro atoms. The number of aromatic nitrogens is 2. The minimum absolute atomic E-state index is 0.118. The first-order chi connectivity index (χ1) is 9.65. The molecule has 20 heavy (non-hydrogen) atoms. The van der Waals surface area contributed by atoms with Gasteiger partial charge in [-0.15, -0.1) is 0 Å². The lowest BCUT2D eigenvalue weighted by molar-refractivity contribution is -0.131. The van der Waals surface area contributed by atoms with Gasteiger partial charge in [0.1, 0.15) is 5.82 Å². The fraction of sp³-hybridized carbons (Fsp3) is 0.733. The Hall–Kier alpha value is -1.36. The van der Waals surface area contributed by atoms with Crippen LogP contribution in [0.4, 0.5) is 0 Å². The zero-order valence-corrected chi connectivity index (χ0v) is 12.4. The lowest BCUT2D eigenvalue weighted by atomic mass is 9.94. The van der Waals surface area contributed by atoms with Gasteiger partial charge in [0, 0.05) is 50.4 Å². The van der Waals surface area contributed by atoms with E-state index in [1.165, 1.54) is 5.82 Å². The first-order valence-corrected chi connectivity index (χ1v) is 7.68. The fourth-order valence-electron chi connectivity index (χ4n) is 3.34. The minimum atomic E-state index is 0.118. The van der Waals surface area contributed by atoms with Crippen LogP contribution in [0, 0.1) is 5.92 Å². The molecule has 5 heteroatoms. The number of likely N-dealkylation sites (tertiary alicyclic amines) is 1. The molecule has 5 nitrogen and oxygen atoms in total. The maximum atomic E-state index is 11.8. The molecule has 1 atom stereocenters. The Balaban J connectivity index is 1.53. The number of nitrogens with one attached hydrogen (secondary N) is 1. The van der Waals surface area contributed by atoms with Crippen LogP contribution in [-0.4, -0.2) is 46.0 Å². The summed E-state index contributed by atoms with van der Waals surface area (Å²) < 4.78 is 2.27. The van der Waals surface area contributed by atoms with E-state index < -0.39 is 0 Å². The Labute approximate surface area is 120 Å². The fourth-order valence-corrected chi connectivity index (χ4v) is 3.34. The molecule has 0 aromatic carbocycles. The zero-order chi connectivity index (χ0) is 14.1. The van der Waals surface area contributed by atoms with Crippen molar-refractivity contribution in [3.63, 3.8) is 0 Å². The summed E-state index contributed by atoms with van der Waals surface area (Å²) in [7, 11) is 0. The number of carbonyl (C=O) groups is 1. The highest BCUT2D eigenvalue weighted by Gasteiger charge is 2.37. The smallest absolute Gasteiger partial charge is 0.237 e. The second-order valence-corrected chi connectivity index (χ2v) is 6.36. The number of carbonyl (C=O) groups excluding carboxylic acids is 1. The quantitative estimate of drug-likeness (QED) is 0.899. The van der Waals surface area contributed by atoms with Gasteiger partial charge < -0.3 is 9.88 Å². The van der Waals surface area contributed by atoms with Crippen LogP contribution in [0.15, 0.2) is 12.4 Å². The van der Waals surface area contributed by atoms with Gasteiger partial charge in [-0.3, -0.25) is 9.69 Å². The van der Waals surface area contributed by atoms with E-state index in [2.05, 4.69) is 39.8 Å². The van der Waals surface area contributed by atoms with Crippen molar-refractivity contribution < 1.29 is 4.79 Å². The van der Waals surface area contributed by atoms with Gasteiger partial charge in [-0.2, -0.15) is 0 Å². The van der Waals surface area contributed by atoms with Gasteiger partial charge >= 0.3 is 0 Å². The third-order valence-electron chi connectivity index (χ3n) is 4.40. The van der Waals surface area contributed by atoms with Crippen LogP contribution in [0.3, 0.4) is 0 Å². The summed E-state index contributed by atoms with van der Waals surface area (Å²) in [5.41, 5.74) is 0. The molecule has 2 aliphatic rings. The Morgan fingerprint density at radius 1 is 1.45 bits per heavy atom. The van der Waals surface area contributed by atoms with Crippen LogP contribution in [-0.2, 0) is 11.3 Å². The standard InChI is InChI=1S/C15H24N4O/c1-11(2)14-16-6-7-18(14)8-12-9-19(10-12)13-4-3-5-17-15(13)20/h6-7,11-13H,3-5,8-10H2,1-2H3,(H,17,20). The van der Waals surface area contributed by atoms with Crippen molar-refractivity contribution in [3.8, 4) is 0 Å². The van der Waals surface area contributed by atoms with Crippen molar-refractivity contribution in [2.45, 2.75) is 45.2 Å². The van der Waals surface area contributed by atoms with Gasteiger partial charge in [-0.25, -0.2) is 4.98 Å². The highest BCUT2D eigenvalue weighted by Crippen LogP contribution is 2.25. The van der Waals surface area contributed by atoms with Crippen molar-refractivity contribution in [3.05, 3.63) is 18.2 Å². The summed E-state index contributed by atoms with van der Waals surface area (Å²) in [5, 5.41) is 2.97. The van der Waals surface area contributed by atoms with Crippen molar-refractivity contribution in [2.75, 3.05) is 19.6 Å². The van der Waals surface area contributed by atoms with E-state index >= 15 is 0 Å². The molecule has 110 valence electrons. The van der Waals surface area contributed by atoms with E-state index in [1.807, 2.05) is 6.20 Å². The summed E-state index contributed by atoms with van der Waals surface area (Å²) in [4.78, 5) is 18.6. The predicted molar refractivity (Wildman–Crippen MR) is 77.4 cm³/mol. The van der Waals surface area contributed by atoms with Crippen LogP contribution >= 0.6 is 0 Å². The molecule has 0 aliphatic carbocycles. The topological polar surface area (TPSA) is 50.2 Å². The number of imidazole rings is 1. The van der Waals surface area contributed by atoms with Crippen molar-refractivity contribution in [1.29, 1.82) is 0 Å². The molecule has 0 saturated carbocycles. The van der Waals surface area contributed by atoms with Gasteiger partial charge in [0.05, 0.1) is 6.04 Å². The van der Waals surface area contributed by atoms with E-state index in [0.29, 0.717) is 11.8 Å². The largest absolute Gasteiger partial charge is 0.355 e. The summed E-state index contributed by atoms with van der Waals surface area (Å²) >= 11 is 0. The lowest BCUT2D eigenvalue weighted by Gasteiger charge is -2.45. The Kier molecular flexibility index (Phi) is 3.78. The highest BCUT2D eigenvalue weighted by molar-refractivity contribution is 5.82. The van der Waals surface area contributed by atoms with E-state index in [1.54, 1.807) is 0 Å². The molecule has 1 unspecified atom stereocenters. The predicted octanol–water partition coefficient (Wildman–Crippen LogP) is 1.22. The Bertz CT molecular complexity index is 476. The van der Waals surface area contributed by atoms with E-state index in [0.717, 1.165) is 39.0 Å². The summed E-state index contributed by atoms with van der Waals surface area (Å²) in [6.45, 7) is 8.30. The first kappa shape index (κ1) is 13.6. The van der Waals surface area contributed by atoms with Crippen LogP contribution < -0.4 is 5.32 Å². The molecule has 1 aromatic rings. The molecule has 3 rings (SSSR count). The average Bonchev–Trinajstić information content (AvgIpc) is 2.83. The van der Waals surface area contributed by atoms with Gasteiger partial charge in [-0.05, 0) is 12.8 Å². The Morgan fingerprint density at radius 2 is 2.25 bits per heavy atom. The minimum Gasteiger partial charge on any atom is -0.355 e. The SMILES string of the molecule is CC(C)c1nccn1CC1CN(C2CCCNC2=O)C1. The molecule has 0 bridgehead atoms. The van der Waals surface area contributed by atoms with E-state index in [-0.39, 0.29) is 11.9 Å². The summed E-state index contributed by atoms with van der Waals surface area (Å²) in [6.07, 6.45) is 6.09. The summed E-state index contributed by atoms with van der Waals surface area (Å²) in [6, 6.07) is 0.118. The third kappa shape index (κ3) is 2.59. The number of rotatable bonds is 4. The maximum Gasteiger partial charge on any atom is 0.237 e. The first-order valence-electron chi connectivity index (χ1n) is 7.68. The molecular formula is C15H24N4O. The Morgan fingerprint density at radius 3 is 2.95 bits per heavy atom. The number of piperidine rings is 1.